The van der Waals surface area contributed by atoms with Gasteiger partial charge in [-0.1, -0.05) is 36.4 Å². The van der Waals surface area contributed by atoms with Crippen molar-refractivity contribution < 1.29 is 0 Å². The second-order valence-electron chi connectivity index (χ2n) is 4.04. The van der Waals surface area contributed by atoms with E-state index in [2.05, 4.69) is 28.5 Å². The number of rotatable bonds is 5. The Balaban J connectivity index is 1.81. The van der Waals surface area contributed by atoms with Gasteiger partial charge >= 0.3 is 0 Å². The quantitative estimate of drug-likeness (QED) is 0.812. The molecule has 1 heterocycles. The Hall–Kier alpha value is -2.18. The van der Waals surface area contributed by atoms with Gasteiger partial charge in [-0.25, -0.2) is 4.98 Å². The molecule has 0 aliphatic rings. The highest BCUT2D eigenvalue weighted by Gasteiger charge is 2.01. The summed E-state index contributed by atoms with van der Waals surface area (Å²) in [6.07, 6.45) is 2.63. The van der Waals surface area contributed by atoms with Crippen molar-refractivity contribution in [2.24, 2.45) is 0 Å². The first-order valence-electron chi connectivity index (χ1n) is 5.99. The Morgan fingerprint density at radius 3 is 2.72 bits per heavy atom. The lowest BCUT2D eigenvalue weighted by molar-refractivity contribution is 0.684. The highest BCUT2D eigenvalue weighted by Crippen LogP contribution is 2.03. The summed E-state index contributed by atoms with van der Waals surface area (Å²) in [6.45, 7) is 1.58. The molecule has 0 aliphatic heterocycles. The molecule has 0 fully saturated rings. The number of hydrogen-bond acceptors (Lipinski definition) is 3. The van der Waals surface area contributed by atoms with Crippen molar-refractivity contribution in [1.82, 2.24) is 10.3 Å². The molecule has 2 rings (SSSR count). The largest absolute Gasteiger partial charge is 0.312 e. The first kappa shape index (κ1) is 12.3. The average Bonchev–Trinajstić information content (AvgIpc) is 2.45. The van der Waals surface area contributed by atoms with Gasteiger partial charge < -0.3 is 5.32 Å². The molecule has 3 heteroatoms. The molecule has 0 saturated heterocycles. The minimum atomic E-state index is 0.504. The SMILES string of the molecule is N#Cc1ncccc1CNCCc1ccccc1. The number of aromatic nitrogens is 1. The molecule has 0 saturated carbocycles. The van der Waals surface area contributed by atoms with Gasteiger partial charge in [0.2, 0.25) is 0 Å². The van der Waals surface area contributed by atoms with Crippen LogP contribution in [0.1, 0.15) is 16.8 Å². The molecule has 0 aliphatic carbocycles. The maximum Gasteiger partial charge on any atom is 0.144 e. The number of nitrogens with zero attached hydrogens (tertiary/aromatic N) is 2. The molecule has 0 radical (unpaired) electrons. The summed E-state index contributed by atoms with van der Waals surface area (Å²) in [5.74, 6) is 0. The summed E-state index contributed by atoms with van der Waals surface area (Å²) in [4.78, 5) is 4.03. The molecule has 90 valence electrons. The summed E-state index contributed by atoms with van der Waals surface area (Å²) in [7, 11) is 0. The van der Waals surface area contributed by atoms with E-state index in [4.69, 9.17) is 5.26 Å². The third-order valence-electron chi connectivity index (χ3n) is 2.75. The van der Waals surface area contributed by atoms with Crippen LogP contribution in [0.2, 0.25) is 0 Å². The number of pyridine rings is 1. The minimum absolute atomic E-state index is 0.504. The van der Waals surface area contributed by atoms with Gasteiger partial charge in [0.1, 0.15) is 11.8 Å². The highest BCUT2D eigenvalue weighted by atomic mass is 14.9. The van der Waals surface area contributed by atoms with E-state index in [1.165, 1.54) is 5.56 Å². The van der Waals surface area contributed by atoms with Gasteiger partial charge in [0.25, 0.3) is 0 Å². The number of hydrogen-bond donors (Lipinski definition) is 1. The predicted molar refractivity (Wildman–Crippen MR) is 70.8 cm³/mol. The summed E-state index contributed by atoms with van der Waals surface area (Å²) >= 11 is 0. The van der Waals surface area contributed by atoms with Crippen molar-refractivity contribution in [3.05, 3.63) is 65.5 Å². The molecule has 0 bridgehead atoms. The van der Waals surface area contributed by atoms with E-state index in [1.54, 1.807) is 6.20 Å². The molecule has 0 atom stereocenters. The Kier molecular flexibility index (Phi) is 4.46. The molecule has 0 unspecified atom stereocenters. The van der Waals surface area contributed by atoms with Gasteiger partial charge in [-0.15, -0.1) is 0 Å². The molecule has 1 aromatic carbocycles. The molecule has 0 amide bonds. The fourth-order valence-electron chi connectivity index (χ4n) is 1.78. The van der Waals surface area contributed by atoms with Crippen molar-refractivity contribution in [3.8, 4) is 6.07 Å². The van der Waals surface area contributed by atoms with E-state index in [0.717, 1.165) is 18.5 Å². The van der Waals surface area contributed by atoms with Gasteiger partial charge in [0.05, 0.1) is 0 Å². The third-order valence-corrected chi connectivity index (χ3v) is 2.75. The van der Waals surface area contributed by atoms with Crippen LogP contribution in [0.25, 0.3) is 0 Å². The zero-order chi connectivity index (χ0) is 12.6. The van der Waals surface area contributed by atoms with E-state index in [9.17, 15) is 0 Å². The van der Waals surface area contributed by atoms with Gasteiger partial charge in [-0.2, -0.15) is 5.26 Å². The van der Waals surface area contributed by atoms with Gasteiger partial charge in [0, 0.05) is 18.3 Å². The zero-order valence-electron chi connectivity index (χ0n) is 10.1. The molecular formula is C15H15N3. The standard InChI is InChI=1S/C15H15N3/c16-11-15-14(7-4-9-18-15)12-17-10-8-13-5-2-1-3-6-13/h1-7,9,17H,8,10,12H2. The van der Waals surface area contributed by atoms with Crippen LogP contribution in [0.4, 0.5) is 0 Å². The first-order valence-corrected chi connectivity index (χ1v) is 5.99. The average molecular weight is 237 g/mol. The van der Waals surface area contributed by atoms with Crippen molar-refractivity contribution in [2.75, 3.05) is 6.54 Å². The molecule has 0 spiro atoms. The molecule has 1 aromatic heterocycles. The molecular weight excluding hydrogens is 222 g/mol. The predicted octanol–water partition coefficient (Wildman–Crippen LogP) is 2.29. The van der Waals surface area contributed by atoms with Gasteiger partial charge in [0.15, 0.2) is 0 Å². The molecule has 3 nitrogen and oxygen atoms in total. The van der Waals surface area contributed by atoms with E-state index >= 15 is 0 Å². The van der Waals surface area contributed by atoms with E-state index in [-0.39, 0.29) is 0 Å². The van der Waals surface area contributed by atoms with Gasteiger partial charge in [-0.3, -0.25) is 0 Å². The van der Waals surface area contributed by atoms with Crippen LogP contribution < -0.4 is 5.32 Å². The summed E-state index contributed by atoms with van der Waals surface area (Å²) < 4.78 is 0. The Labute approximate surface area is 107 Å². The maximum absolute atomic E-state index is 8.91. The smallest absolute Gasteiger partial charge is 0.144 e. The zero-order valence-corrected chi connectivity index (χ0v) is 10.1. The van der Waals surface area contributed by atoms with Crippen LogP contribution in [0.3, 0.4) is 0 Å². The summed E-state index contributed by atoms with van der Waals surface area (Å²) in [6, 6.07) is 16.2. The van der Waals surface area contributed by atoms with Crippen molar-refractivity contribution in [1.29, 1.82) is 5.26 Å². The van der Waals surface area contributed by atoms with Crippen LogP contribution in [0, 0.1) is 11.3 Å². The van der Waals surface area contributed by atoms with Crippen molar-refractivity contribution in [3.63, 3.8) is 0 Å². The lowest BCUT2D eigenvalue weighted by atomic mass is 10.1. The van der Waals surface area contributed by atoms with E-state index < -0.39 is 0 Å². The lowest BCUT2D eigenvalue weighted by Gasteiger charge is -2.05. The third kappa shape index (κ3) is 3.41. The monoisotopic (exact) mass is 237 g/mol. The Morgan fingerprint density at radius 2 is 1.94 bits per heavy atom. The summed E-state index contributed by atoms with van der Waals surface area (Å²) in [5, 5.41) is 12.2. The Morgan fingerprint density at radius 1 is 1.11 bits per heavy atom. The summed E-state index contributed by atoms with van der Waals surface area (Å²) in [5.41, 5.74) is 2.77. The van der Waals surface area contributed by atoms with Crippen LogP contribution in [-0.4, -0.2) is 11.5 Å². The Bertz CT molecular complexity index is 529. The van der Waals surface area contributed by atoms with Crippen LogP contribution in [0.5, 0.6) is 0 Å². The number of nitriles is 1. The van der Waals surface area contributed by atoms with Crippen molar-refractivity contribution in [2.45, 2.75) is 13.0 Å². The van der Waals surface area contributed by atoms with Gasteiger partial charge in [-0.05, 0) is 24.6 Å². The highest BCUT2D eigenvalue weighted by molar-refractivity contribution is 5.30. The molecule has 1 N–H and O–H groups in total. The van der Waals surface area contributed by atoms with Crippen LogP contribution in [0.15, 0.2) is 48.7 Å². The maximum atomic E-state index is 8.91. The molecule has 2 aromatic rings. The minimum Gasteiger partial charge on any atom is -0.312 e. The fourth-order valence-corrected chi connectivity index (χ4v) is 1.78. The second kappa shape index (κ2) is 6.53. The fraction of sp³-hybridized carbons (Fsp3) is 0.200. The van der Waals surface area contributed by atoms with Crippen LogP contribution in [-0.2, 0) is 13.0 Å². The number of benzene rings is 1. The van der Waals surface area contributed by atoms with E-state index in [0.29, 0.717) is 12.2 Å². The normalized spacial score (nSPS) is 9.94. The van der Waals surface area contributed by atoms with E-state index in [1.807, 2.05) is 30.3 Å². The molecule has 18 heavy (non-hydrogen) atoms. The van der Waals surface area contributed by atoms with Crippen molar-refractivity contribution >= 4 is 0 Å². The van der Waals surface area contributed by atoms with Crippen LogP contribution >= 0.6 is 0 Å². The topological polar surface area (TPSA) is 48.7 Å². The lowest BCUT2D eigenvalue weighted by Crippen LogP contribution is -2.17. The first-order chi connectivity index (χ1) is 8.90. The second-order valence-corrected chi connectivity index (χ2v) is 4.04. The number of nitrogens with one attached hydrogen (secondary N) is 1.